The summed E-state index contributed by atoms with van der Waals surface area (Å²) in [5.74, 6) is 0.877. The fraction of sp³-hybridized carbons (Fsp3) is 0.0714. The van der Waals surface area contributed by atoms with Gasteiger partial charge in [-0.05, 0) is 39.7 Å². The third-order valence-corrected chi connectivity index (χ3v) is 4.05. The van der Waals surface area contributed by atoms with Crippen molar-refractivity contribution in [2.45, 2.75) is 6.61 Å². The number of benzene rings is 2. The number of aromatic nitrogens is 1. The number of hydrogen-bond donors (Lipinski definition) is 0. The smallest absolute Gasteiger partial charge is 0.160 e. The molecule has 2 aromatic carbocycles. The van der Waals surface area contributed by atoms with Gasteiger partial charge in [-0.3, -0.25) is 0 Å². The fourth-order valence-electron chi connectivity index (χ4n) is 1.71. The first-order valence-electron chi connectivity index (χ1n) is 5.54. The molecular weight excluding hydrogens is 310 g/mol. The second-order valence-electron chi connectivity index (χ2n) is 3.87. The molecule has 0 aliphatic heterocycles. The van der Waals surface area contributed by atoms with Gasteiger partial charge in [0.05, 0.1) is 10.2 Å². The van der Waals surface area contributed by atoms with Crippen molar-refractivity contribution in [1.29, 1.82) is 0 Å². The first-order valence-corrected chi connectivity index (χ1v) is 7.15. The van der Waals surface area contributed by atoms with Crippen LogP contribution >= 0.6 is 27.3 Å². The molecule has 0 amide bonds. The average Bonchev–Trinajstić information content (AvgIpc) is 2.77. The van der Waals surface area contributed by atoms with Crippen LogP contribution < -0.4 is 4.74 Å². The number of rotatable bonds is 3. The SMILES string of the molecule is Brc1nc2ccc(OCc3ccccc3)cc2s1. The molecule has 4 heteroatoms. The van der Waals surface area contributed by atoms with Crippen LogP contribution in [0.2, 0.25) is 0 Å². The maximum Gasteiger partial charge on any atom is 0.160 e. The van der Waals surface area contributed by atoms with Gasteiger partial charge in [0, 0.05) is 0 Å². The van der Waals surface area contributed by atoms with E-state index in [9.17, 15) is 0 Å². The molecule has 0 fully saturated rings. The van der Waals surface area contributed by atoms with Crippen molar-refractivity contribution in [3.05, 3.63) is 58.0 Å². The monoisotopic (exact) mass is 319 g/mol. The quantitative estimate of drug-likeness (QED) is 0.701. The third kappa shape index (κ3) is 2.54. The van der Waals surface area contributed by atoms with E-state index in [-0.39, 0.29) is 0 Å². The summed E-state index contributed by atoms with van der Waals surface area (Å²) in [5.41, 5.74) is 2.17. The van der Waals surface area contributed by atoms with Gasteiger partial charge in [-0.1, -0.05) is 30.3 Å². The van der Waals surface area contributed by atoms with Crippen molar-refractivity contribution in [2.24, 2.45) is 0 Å². The van der Waals surface area contributed by atoms with Gasteiger partial charge in [0.25, 0.3) is 0 Å². The topological polar surface area (TPSA) is 22.1 Å². The van der Waals surface area contributed by atoms with E-state index in [1.54, 1.807) is 11.3 Å². The van der Waals surface area contributed by atoms with E-state index in [1.807, 2.05) is 36.4 Å². The Balaban J connectivity index is 1.78. The molecule has 0 aliphatic carbocycles. The van der Waals surface area contributed by atoms with Crippen LogP contribution in [-0.4, -0.2) is 4.98 Å². The van der Waals surface area contributed by atoms with Crippen LogP contribution in [0.3, 0.4) is 0 Å². The molecule has 2 nitrogen and oxygen atoms in total. The van der Waals surface area contributed by atoms with Gasteiger partial charge in [0.1, 0.15) is 12.4 Å². The molecule has 90 valence electrons. The van der Waals surface area contributed by atoms with Crippen LogP contribution in [0.5, 0.6) is 5.75 Å². The minimum atomic E-state index is 0.590. The van der Waals surface area contributed by atoms with Gasteiger partial charge in [0.15, 0.2) is 3.92 Å². The van der Waals surface area contributed by atoms with Crippen molar-refractivity contribution in [3.8, 4) is 5.75 Å². The molecule has 0 radical (unpaired) electrons. The normalized spacial score (nSPS) is 10.7. The highest BCUT2D eigenvalue weighted by atomic mass is 79.9. The molecule has 0 aliphatic rings. The second kappa shape index (κ2) is 5.08. The molecule has 1 heterocycles. The van der Waals surface area contributed by atoms with Crippen molar-refractivity contribution < 1.29 is 4.74 Å². The third-order valence-electron chi connectivity index (χ3n) is 2.58. The van der Waals surface area contributed by atoms with E-state index < -0.39 is 0 Å². The summed E-state index contributed by atoms with van der Waals surface area (Å²) in [7, 11) is 0. The zero-order valence-electron chi connectivity index (χ0n) is 9.47. The summed E-state index contributed by atoms with van der Waals surface area (Å²) in [6.45, 7) is 0.590. The molecule has 0 N–H and O–H groups in total. The van der Waals surface area contributed by atoms with Crippen LogP contribution in [0.25, 0.3) is 10.2 Å². The Bertz CT molecular complexity index is 666. The number of fused-ring (bicyclic) bond motifs is 1. The zero-order valence-corrected chi connectivity index (χ0v) is 11.9. The summed E-state index contributed by atoms with van der Waals surface area (Å²) in [4.78, 5) is 4.35. The molecule has 0 bridgehead atoms. The van der Waals surface area contributed by atoms with E-state index in [2.05, 4.69) is 33.0 Å². The first kappa shape index (κ1) is 11.7. The number of ether oxygens (including phenoxy) is 1. The minimum absolute atomic E-state index is 0.590. The molecule has 0 saturated heterocycles. The zero-order chi connectivity index (χ0) is 12.4. The first-order chi connectivity index (χ1) is 8.81. The lowest BCUT2D eigenvalue weighted by Gasteiger charge is -2.05. The molecule has 0 saturated carbocycles. The van der Waals surface area contributed by atoms with Gasteiger partial charge in [-0.25, -0.2) is 4.98 Å². The van der Waals surface area contributed by atoms with Crippen molar-refractivity contribution in [3.63, 3.8) is 0 Å². The van der Waals surface area contributed by atoms with Crippen molar-refractivity contribution >= 4 is 37.5 Å². The van der Waals surface area contributed by atoms with Crippen LogP contribution in [0, 0.1) is 0 Å². The molecule has 0 atom stereocenters. The lowest BCUT2D eigenvalue weighted by atomic mass is 10.2. The van der Waals surface area contributed by atoms with Crippen molar-refractivity contribution in [2.75, 3.05) is 0 Å². The summed E-state index contributed by atoms with van der Waals surface area (Å²) >= 11 is 5.00. The number of halogens is 1. The van der Waals surface area contributed by atoms with Gasteiger partial charge in [-0.15, -0.1) is 11.3 Å². The van der Waals surface area contributed by atoms with Crippen molar-refractivity contribution in [1.82, 2.24) is 4.98 Å². The Morgan fingerprint density at radius 1 is 1.11 bits per heavy atom. The largest absolute Gasteiger partial charge is 0.489 e. The Kier molecular flexibility index (Phi) is 3.30. The molecule has 18 heavy (non-hydrogen) atoms. The summed E-state index contributed by atoms with van der Waals surface area (Å²) < 4.78 is 7.81. The van der Waals surface area contributed by atoms with Gasteiger partial charge in [0.2, 0.25) is 0 Å². The Hall–Kier alpha value is -1.39. The van der Waals surface area contributed by atoms with Crippen LogP contribution in [0.4, 0.5) is 0 Å². The second-order valence-corrected chi connectivity index (χ2v) is 6.18. The number of nitrogens with zero attached hydrogens (tertiary/aromatic N) is 1. The molecule has 0 spiro atoms. The Morgan fingerprint density at radius 3 is 2.78 bits per heavy atom. The maximum atomic E-state index is 5.77. The minimum Gasteiger partial charge on any atom is -0.489 e. The molecule has 1 aromatic heterocycles. The van der Waals surface area contributed by atoms with Gasteiger partial charge in [-0.2, -0.15) is 0 Å². The molecule has 3 aromatic rings. The van der Waals surface area contributed by atoms with Gasteiger partial charge < -0.3 is 4.74 Å². The average molecular weight is 320 g/mol. The highest BCUT2D eigenvalue weighted by Gasteiger charge is 2.03. The Morgan fingerprint density at radius 2 is 1.94 bits per heavy atom. The standard InChI is InChI=1S/C14H10BrNOS/c15-14-16-12-7-6-11(8-13(12)18-14)17-9-10-4-2-1-3-5-10/h1-8H,9H2. The van der Waals surface area contributed by atoms with Crippen LogP contribution in [0.15, 0.2) is 52.4 Å². The van der Waals surface area contributed by atoms with Crippen LogP contribution in [0.1, 0.15) is 5.56 Å². The molecule has 0 unspecified atom stereocenters. The predicted molar refractivity (Wildman–Crippen MR) is 78.1 cm³/mol. The van der Waals surface area contributed by atoms with E-state index in [0.717, 1.165) is 19.9 Å². The fourth-order valence-corrected chi connectivity index (χ4v) is 3.14. The summed E-state index contributed by atoms with van der Waals surface area (Å²) in [6, 6.07) is 16.1. The lowest BCUT2D eigenvalue weighted by molar-refractivity contribution is 0.306. The summed E-state index contributed by atoms with van der Waals surface area (Å²) in [6.07, 6.45) is 0. The molecule has 3 rings (SSSR count). The van der Waals surface area contributed by atoms with E-state index in [1.165, 1.54) is 5.56 Å². The lowest BCUT2D eigenvalue weighted by Crippen LogP contribution is -1.94. The van der Waals surface area contributed by atoms with Crippen LogP contribution in [-0.2, 0) is 6.61 Å². The number of thiazole rings is 1. The highest BCUT2D eigenvalue weighted by Crippen LogP contribution is 2.29. The maximum absolute atomic E-state index is 5.77. The summed E-state index contributed by atoms with van der Waals surface area (Å²) in [5, 5.41) is 0. The van der Waals surface area contributed by atoms with Gasteiger partial charge >= 0.3 is 0 Å². The van der Waals surface area contributed by atoms with E-state index in [0.29, 0.717) is 6.61 Å². The van der Waals surface area contributed by atoms with E-state index >= 15 is 0 Å². The number of hydrogen-bond acceptors (Lipinski definition) is 3. The van der Waals surface area contributed by atoms with E-state index in [4.69, 9.17) is 4.74 Å². The highest BCUT2D eigenvalue weighted by molar-refractivity contribution is 9.11. The Labute approximate surface area is 117 Å². The molecular formula is C14H10BrNOS. The predicted octanol–water partition coefficient (Wildman–Crippen LogP) is 4.64.